The number of rotatable bonds is 8. The number of fused-ring (bicyclic) bond motifs is 2. The molecule has 0 spiro atoms. The van der Waals surface area contributed by atoms with Gasteiger partial charge in [0.2, 0.25) is 0 Å². The number of anilines is 1. The molecule has 1 N–H and O–H groups in total. The Labute approximate surface area is 264 Å². The number of aliphatic carboxylic acids is 1. The number of piperidine rings is 1. The summed E-state index contributed by atoms with van der Waals surface area (Å²) >= 11 is 0. The second kappa shape index (κ2) is 10.5. The Bertz CT molecular complexity index is 1690. The van der Waals surface area contributed by atoms with Gasteiger partial charge < -0.3 is 29.1 Å². The topological polar surface area (TPSA) is 101 Å². The lowest BCUT2D eigenvalue weighted by atomic mass is 9.90. The number of nitrogens with zero attached hydrogens (tertiary/aromatic N) is 3. The van der Waals surface area contributed by atoms with Crippen LogP contribution in [0.5, 0.6) is 5.75 Å². The molecule has 0 radical (unpaired) electrons. The molecule has 1 amide bonds. The molecule has 3 aromatic rings. The molecule has 4 heterocycles. The lowest BCUT2D eigenvalue weighted by Crippen LogP contribution is -2.40. The summed E-state index contributed by atoms with van der Waals surface area (Å²) in [6.45, 7) is 11.7. The predicted molar refractivity (Wildman–Crippen MR) is 169 cm³/mol. The second-order valence-electron chi connectivity index (χ2n) is 14.0. The van der Waals surface area contributed by atoms with Crippen LogP contribution < -0.4 is 9.64 Å². The monoisotopic (exact) mass is 611 g/mol. The molecule has 8 rings (SSSR count). The van der Waals surface area contributed by atoms with Crippen LogP contribution in [0.25, 0.3) is 11.3 Å². The van der Waals surface area contributed by atoms with Crippen LogP contribution in [-0.2, 0) is 33.8 Å². The Kier molecular flexibility index (Phi) is 6.89. The summed E-state index contributed by atoms with van der Waals surface area (Å²) in [5.41, 5.74) is 6.10. The van der Waals surface area contributed by atoms with E-state index in [2.05, 4.69) is 24.0 Å². The number of pyridine rings is 1. The van der Waals surface area contributed by atoms with Gasteiger partial charge in [-0.3, -0.25) is 4.79 Å². The van der Waals surface area contributed by atoms with Crippen LogP contribution in [0.15, 0.2) is 48.5 Å². The maximum Gasteiger partial charge on any atom is 0.410 e. The fourth-order valence-corrected chi connectivity index (χ4v) is 7.98. The van der Waals surface area contributed by atoms with Gasteiger partial charge in [-0.05, 0) is 87.1 Å². The molecule has 236 valence electrons. The predicted octanol–water partition coefficient (Wildman–Crippen LogP) is 5.77. The van der Waals surface area contributed by atoms with Gasteiger partial charge in [-0.25, -0.2) is 9.78 Å². The normalized spacial score (nSPS) is 25.8. The molecule has 2 saturated heterocycles. The van der Waals surface area contributed by atoms with E-state index in [1.54, 1.807) is 12.0 Å². The molecule has 3 aliphatic heterocycles. The number of carboxylic acid groups (broad SMARTS) is 1. The minimum absolute atomic E-state index is 0.193. The molecule has 9 heteroatoms. The number of methoxy groups -OCH3 is 1. The highest BCUT2D eigenvalue weighted by Crippen LogP contribution is 2.86. The van der Waals surface area contributed by atoms with Crippen molar-refractivity contribution >= 4 is 17.9 Å². The third-order valence-electron chi connectivity index (χ3n) is 10.0. The number of carboxylic acids is 1. The maximum atomic E-state index is 12.7. The van der Waals surface area contributed by atoms with E-state index in [1.165, 1.54) is 11.1 Å². The van der Waals surface area contributed by atoms with Gasteiger partial charge >= 0.3 is 12.1 Å². The zero-order chi connectivity index (χ0) is 31.8. The van der Waals surface area contributed by atoms with Crippen LogP contribution >= 0.6 is 0 Å². The van der Waals surface area contributed by atoms with Crippen LogP contribution in [-0.4, -0.2) is 65.0 Å². The van der Waals surface area contributed by atoms with Crippen LogP contribution in [0.4, 0.5) is 10.6 Å². The number of para-hydroxylation sites is 1. The molecular formula is C36H41N3O6. The number of ether oxygens (including phenoxy) is 3. The van der Waals surface area contributed by atoms with Crippen molar-refractivity contribution < 1.29 is 28.9 Å². The van der Waals surface area contributed by atoms with Crippen molar-refractivity contribution in [2.75, 3.05) is 25.2 Å². The zero-order valence-corrected chi connectivity index (χ0v) is 26.8. The summed E-state index contributed by atoms with van der Waals surface area (Å²) in [6, 6.07) is 16.4. The number of carbonyl (C=O) groups is 2. The van der Waals surface area contributed by atoms with E-state index in [0.29, 0.717) is 26.3 Å². The average Bonchev–Trinajstić information content (AvgIpc) is 3.83. The van der Waals surface area contributed by atoms with Crippen molar-refractivity contribution in [3.63, 3.8) is 0 Å². The molecule has 45 heavy (non-hydrogen) atoms. The van der Waals surface area contributed by atoms with E-state index in [9.17, 15) is 14.7 Å². The Hall–Kier alpha value is -4.11. The van der Waals surface area contributed by atoms with Crippen LogP contribution in [0.1, 0.15) is 48.6 Å². The van der Waals surface area contributed by atoms with Crippen molar-refractivity contribution in [1.82, 2.24) is 9.88 Å². The van der Waals surface area contributed by atoms with Gasteiger partial charge in [0, 0.05) is 43.6 Å². The quantitative estimate of drug-likeness (QED) is 0.343. The number of aromatic nitrogens is 1. The first-order valence-corrected chi connectivity index (χ1v) is 15.8. The van der Waals surface area contributed by atoms with E-state index in [4.69, 9.17) is 19.2 Å². The Morgan fingerprint density at radius 1 is 1.07 bits per heavy atom. The number of hydrogen-bond donors (Lipinski definition) is 1. The van der Waals surface area contributed by atoms with Crippen LogP contribution in [0.2, 0.25) is 0 Å². The van der Waals surface area contributed by atoms with E-state index in [1.807, 2.05) is 64.1 Å². The molecule has 9 nitrogen and oxygen atoms in total. The lowest BCUT2D eigenvalue weighted by molar-refractivity contribution is -0.146. The standard InChI is InChI=1S/C36H41N3O6/c1-20-9-7-10-24(26-11-8-12-28(37-26)39-27(19-43-6)36(33(40)41)29-30(36)31(29)39)32(20)44-18-22-15-21(2)25-17-38(14-13-23(25)16-22)34(42)45-35(3,4)5/h7-12,15-16,27,29-31H,13-14,17-19H2,1-6H3,(H,40,41)/t27-,29+,30?,31?,36?/m0/s1. The van der Waals surface area contributed by atoms with Crippen molar-refractivity contribution in [3.05, 3.63) is 76.3 Å². The lowest BCUT2D eigenvalue weighted by Gasteiger charge is -2.32. The molecule has 5 aliphatic rings. The SMILES string of the molecule is COC[C@@H]1N(c2cccc(-c3cccc(C)c3OCc3cc(C)c4c(c3)CCN(C(=O)OC(C)(C)C)C4)n2)C2C3[C@H]2C31C(=O)O. The maximum absolute atomic E-state index is 12.7. The summed E-state index contributed by atoms with van der Waals surface area (Å²) in [6.07, 6.45) is 0.491. The smallest absolute Gasteiger partial charge is 0.410 e. The molecule has 5 atom stereocenters. The average molecular weight is 612 g/mol. The first kappa shape index (κ1) is 29.6. The third kappa shape index (κ3) is 4.74. The van der Waals surface area contributed by atoms with Gasteiger partial charge in [-0.15, -0.1) is 0 Å². The highest BCUT2D eigenvalue weighted by Gasteiger charge is 2.97. The third-order valence-corrected chi connectivity index (χ3v) is 10.0. The highest BCUT2D eigenvalue weighted by atomic mass is 16.6. The van der Waals surface area contributed by atoms with E-state index < -0.39 is 17.0 Å². The van der Waals surface area contributed by atoms with Crippen molar-refractivity contribution in [3.8, 4) is 17.0 Å². The molecule has 4 fully saturated rings. The largest absolute Gasteiger partial charge is 0.488 e. The highest BCUT2D eigenvalue weighted by molar-refractivity contribution is 5.89. The van der Waals surface area contributed by atoms with Gasteiger partial charge in [0.1, 0.15) is 29.2 Å². The summed E-state index contributed by atoms with van der Waals surface area (Å²) in [5, 5.41) is 10.1. The zero-order valence-electron chi connectivity index (χ0n) is 26.8. The van der Waals surface area contributed by atoms with Crippen LogP contribution in [0, 0.1) is 31.1 Å². The van der Waals surface area contributed by atoms with Crippen molar-refractivity contribution in [2.24, 2.45) is 17.3 Å². The molecule has 2 bridgehead atoms. The fourth-order valence-electron chi connectivity index (χ4n) is 7.98. The first-order chi connectivity index (χ1) is 21.5. The van der Waals surface area contributed by atoms with Gasteiger partial charge in [0.15, 0.2) is 0 Å². The Balaban J connectivity index is 1.10. The number of amides is 1. The molecule has 2 aromatic carbocycles. The van der Waals surface area contributed by atoms with Gasteiger partial charge in [0.05, 0.1) is 18.3 Å². The summed E-state index contributed by atoms with van der Waals surface area (Å²) in [5.74, 6) is 1.23. The molecule has 1 aromatic heterocycles. The van der Waals surface area contributed by atoms with Crippen molar-refractivity contribution in [1.29, 1.82) is 0 Å². The molecule has 2 saturated carbocycles. The van der Waals surface area contributed by atoms with E-state index in [0.717, 1.165) is 45.9 Å². The summed E-state index contributed by atoms with van der Waals surface area (Å²) in [4.78, 5) is 34.0. The fraction of sp³-hybridized carbons (Fsp3) is 0.472. The molecule has 3 unspecified atom stereocenters. The van der Waals surface area contributed by atoms with Crippen molar-refractivity contribution in [2.45, 2.75) is 71.9 Å². The Morgan fingerprint density at radius 3 is 2.53 bits per heavy atom. The van der Waals surface area contributed by atoms with Crippen LogP contribution in [0.3, 0.4) is 0 Å². The van der Waals surface area contributed by atoms with E-state index >= 15 is 0 Å². The summed E-state index contributed by atoms with van der Waals surface area (Å²) in [7, 11) is 1.63. The number of carbonyl (C=O) groups excluding carboxylic acids is 1. The number of aryl methyl sites for hydroxylation is 2. The van der Waals surface area contributed by atoms with Gasteiger partial charge in [-0.1, -0.05) is 30.3 Å². The Morgan fingerprint density at radius 2 is 1.82 bits per heavy atom. The number of benzene rings is 2. The van der Waals surface area contributed by atoms with E-state index in [-0.39, 0.29) is 30.0 Å². The minimum atomic E-state index is -0.721. The molecule has 2 aliphatic carbocycles. The second-order valence-corrected chi connectivity index (χ2v) is 14.0. The number of hydrogen-bond acceptors (Lipinski definition) is 7. The summed E-state index contributed by atoms with van der Waals surface area (Å²) < 4.78 is 17.6. The first-order valence-electron chi connectivity index (χ1n) is 15.8. The van der Waals surface area contributed by atoms with Gasteiger partial charge in [-0.2, -0.15) is 0 Å². The van der Waals surface area contributed by atoms with Gasteiger partial charge in [0.25, 0.3) is 0 Å². The molecular weight excluding hydrogens is 570 g/mol. The minimum Gasteiger partial charge on any atom is -0.488 e.